The molecule has 128 valence electrons. The van der Waals surface area contributed by atoms with E-state index in [2.05, 4.69) is 16.7 Å². The number of thiazole rings is 1. The van der Waals surface area contributed by atoms with Crippen LogP contribution < -0.4 is 4.90 Å². The molecule has 2 aromatic heterocycles. The van der Waals surface area contributed by atoms with E-state index < -0.39 is 5.82 Å². The number of anilines is 1. The minimum Gasteiger partial charge on any atom is -0.507 e. The number of carbonyl (C=O) groups excluding carboxylic acids is 1. The quantitative estimate of drug-likeness (QED) is 0.703. The third kappa shape index (κ3) is 3.58. The van der Waals surface area contributed by atoms with Crippen LogP contribution in [0, 0.1) is 12.7 Å². The molecule has 0 unspecified atom stereocenters. The number of phenols is 1. The second-order valence-corrected chi connectivity index (χ2v) is 6.08. The maximum absolute atomic E-state index is 13.1. The van der Waals surface area contributed by atoms with Crippen LogP contribution in [-0.4, -0.2) is 21.2 Å². The van der Waals surface area contributed by atoms with Gasteiger partial charge < -0.3 is 9.63 Å². The normalized spacial score (nSPS) is 10.6. The second kappa shape index (κ2) is 6.86. The van der Waals surface area contributed by atoms with Crippen molar-refractivity contribution in [1.82, 2.24) is 10.1 Å². The zero-order valence-corrected chi connectivity index (χ0v) is 14.1. The van der Waals surface area contributed by atoms with Gasteiger partial charge >= 0.3 is 0 Å². The Morgan fingerprint density at radius 1 is 1.48 bits per heavy atom. The van der Waals surface area contributed by atoms with Gasteiger partial charge in [0.25, 0.3) is 5.91 Å². The Balaban J connectivity index is 1.93. The second-order valence-electron chi connectivity index (χ2n) is 5.24. The van der Waals surface area contributed by atoms with Gasteiger partial charge in [-0.1, -0.05) is 11.7 Å². The molecular formula is C17H14FN3O3S. The molecule has 0 aliphatic rings. The third-order valence-corrected chi connectivity index (χ3v) is 4.25. The molecule has 0 fully saturated rings. The number of aromatic hydroxyl groups is 1. The Hall–Kier alpha value is -3.00. The molecule has 0 radical (unpaired) electrons. The zero-order chi connectivity index (χ0) is 18.0. The number of nitrogens with zero attached hydrogens (tertiary/aromatic N) is 3. The first-order valence-electron chi connectivity index (χ1n) is 7.28. The Morgan fingerprint density at radius 2 is 2.28 bits per heavy atom. The number of benzene rings is 1. The molecule has 3 rings (SSSR count). The number of amides is 1. The molecule has 0 saturated carbocycles. The molecule has 3 aromatic rings. The largest absolute Gasteiger partial charge is 0.507 e. The Kier molecular flexibility index (Phi) is 4.62. The predicted molar refractivity (Wildman–Crippen MR) is 91.8 cm³/mol. The highest BCUT2D eigenvalue weighted by molar-refractivity contribution is 7.14. The number of hydrogen-bond acceptors (Lipinski definition) is 6. The highest BCUT2D eigenvalue weighted by Crippen LogP contribution is 2.33. The predicted octanol–water partition coefficient (Wildman–Crippen LogP) is 3.67. The maximum atomic E-state index is 13.1. The summed E-state index contributed by atoms with van der Waals surface area (Å²) >= 11 is 1.21. The fourth-order valence-corrected chi connectivity index (χ4v) is 3.06. The monoisotopic (exact) mass is 359 g/mol. The van der Waals surface area contributed by atoms with Crippen molar-refractivity contribution < 1.29 is 18.8 Å². The van der Waals surface area contributed by atoms with Gasteiger partial charge in [0, 0.05) is 23.1 Å². The molecule has 0 saturated heterocycles. The lowest BCUT2D eigenvalue weighted by Gasteiger charge is -2.16. The van der Waals surface area contributed by atoms with Crippen molar-refractivity contribution in [3.8, 4) is 17.0 Å². The van der Waals surface area contributed by atoms with Gasteiger partial charge in [-0.3, -0.25) is 9.69 Å². The fourth-order valence-electron chi connectivity index (χ4n) is 2.23. The number of carbonyl (C=O) groups is 1. The van der Waals surface area contributed by atoms with E-state index in [1.54, 1.807) is 18.4 Å². The topological polar surface area (TPSA) is 79.5 Å². The van der Waals surface area contributed by atoms with E-state index in [4.69, 9.17) is 4.52 Å². The smallest absolute Gasteiger partial charge is 0.252 e. The summed E-state index contributed by atoms with van der Waals surface area (Å²) in [7, 11) is 0. The summed E-state index contributed by atoms with van der Waals surface area (Å²) in [6.45, 7) is 5.43. The van der Waals surface area contributed by atoms with Crippen molar-refractivity contribution in [2.24, 2.45) is 0 Å². The van der Waals surface area contributed by atoms with Crippen LogP contribution in [0.25, 0.3) is 11.3 Å². The third-order valence-electron chi connectivity index (χ3n) is 3.39. The molecule has 0 atom stereocenters. The number of aryl methyl sites for hydroxylation is 1. The summed E-state index contributed by atoms with van der Waals surface area (Å²) < 4.78 is 18.3. The van der Waals surface area contributed by atoms with Crippen LogP contribution in [0.5, 0.6) is 5.75 Å². The average molecular weight is 359 g/mol. The maximum Gasteiger partial charge on any atom is 0.252 e. The first-order chi connectivity index (χ1) is 12.0. The van der Waals surface area contributed by atoms with Gasteiger partial charge in [0.05, 0.1) is 17.9 Å². The number of halogens is 1. The SMILES string of the molecule is C=CC(=O)N(Cc1cc(C)no1)c1nc(-c2ccc(F)cc2O)cs1. The Bertz CT molecular complexity index is 935. The molecule has 0 bridgehead atoms. The minimum atomic E-state index is -0.541. The first-order valence-corrected chi connectivity index (χ1v) is 8.16. The van der Waals surface area contributed by atoms with Gasteiger partial charge in [0.15, 0.2) is 10.9 Å². The summed E-state index contributed by atoms with van der Waals surface area (Å²) in [4.78, 5) is 18.0. The van der Waals surface area contributed by atoms with E-state index in [0.717, 1.165) is 6.07 Å². The van der Waals surface area contributed by atoms with Crippen molar-refractivity contribution in [1.29, 1.82) is 0 Å². The molecule has 1 aromatic carbocycles. The van der Waals surface area contributed by atoms with E-state index >= 15 is 0 Å². The van der Waals surface area contributed by atoms with Crippen molar-refractivity contribution in [3.05, 3.63) is 59.6 Å². The van der Waals surface area contributed by atoms with Crippen molar-refractivity contribution >= 4 is 22.4 Å². The van der Waals surface area contributed by atoms with E-state index in [1.807, 2.05) is 0 Å². The molecule has 25 heavy (non-hydrogen) atoms. The van der Waals surface area contributed by atoms with E-state index in [1.165, 1.54) is 34.4 Å². The van der Waals surface area contributed by atoms with Crippen molar-refractivity contribution in [2.75, 3.05) is 4.90 Å². The van der Waals surface area contributed by atoms with Gasteiger partial charge in [0.2, 0.25) is 0 Å². The van der Waals surface area contributed by atoms with Crippen molar-refractivity contribution in [3.63, 3.8) is 0 Å². The summed E-state index contributed by atoms with van der Waals surface area (Å²) in [5.41, 5.74) is 1.52. The number of rotatable bonds is 5. The molecule has 0 aliphatic heterocycles. The average Bonchev–Trinajstić information content (AvgIpc) is 3.21. The number of aromatic nitrogens is 2. The number of hydrogen-bond donors (Lipinski definition) is 1. The fraction of sp³-hybridized carbons (Fsp3) is 0.118. The van der Waals surface area contributed by atoms with Gasteiger partial charge in [-0.2, -0.15) is 0 Å². The van der Waals surface area contributed by atoms with Crippen LogP contribution in [0.2, 0.25) is 0 Å². The molecule has 0 spiro atoms. The Morgan fingerprint density at radius 3 is 2.92 bits per heavy atom. The molecule has 0 aliphatic carbocycles. The molecule has 2 heterocycles. The van der Waals surface area contributed by atoms with Crippen LogP contribution >= 0.6 is 11.3 Å². The molecule has 8 heteroatoms. The lowest BCUT2D eigenvalue weighted by atomic mass is 10.1. The lowest BCUT2D eigenvalue weighted by molar-refractivity contribution is -0.114. The minimum absolute atomic E-state index is 0.147. The van der Waals surface area contributed by atoms with Crippen LogP contribution in [0.3, 0.4) is 0 Å². The zero-order valence-electron chi connectivity index (χ0n) is 13.3. The van der Waals surface area contributed by atoms with Crippen LogP contribution in [0.15, 0.2) is 46.8 Å². The van der Waals surface area contributed by atoms with Gasteiger partial charge in [-0.05, 0) is 25.1 Å². The van der Waals surface area contributed by atoms with Crippen LogP contribution in [0.4, 0.5) is 9.52 Å². The highest BCUT2D eigenvalue weighted by Gasteiger charge is 2.20. The van der Waals surface area contributed by atoms with Gasteiger partial charge in [0.1, 0.15) is 11.6 Å². The molecule has 1 N–H and O–H groups in total. The van der Waals surface area contributed by atoms with Crippen LogP contribution in [0.1, 0.15) is 11.5 Å². The lowest BCUT2D eigenvalue weighted by Crippen LogP contribution is -2.28. The standard InChI is InChI=1S/C17H14FN3O3S/c1-3-16(23)21(8-12-6-10(2)20-24-12)17-19-14(9-25-17)13-5-4-11(18)7-15(13)22/h3-7,9,22H,1,8H2,2H3. The molecule has 6 nitrogen and oxygen atoms in total. The van der Waals surface area contributed by atoms with Crippen LogP contribution in [-0.2, 0) is 11.3 Å². The van der Waals surface area contributed by atoms with Gasteiger partial charge in [-0.15, -0.1) is 11.3 Å². The van der Waals surface area contributed by atoms with Crippen molar-refractivity contribution in [2.45, 2.75) is 13.5 Å². The Labute approximate surface area is 146 Å². The molecular weight excluding hydrogens is 345 g/mol. The summed E-state index contributed by atoms with van der Waals surface area (Å²) in [5, 5.41) is 15.8. The summed E-state index contributed by atoms with van der Waals surface area (Å²) in [6.07, 6.45) is 1.18. The summed E-state index contributed by atoms with van der Waals surface area (Å²) in [5.74, 6) is -0.600. The number of phenolic OH excluding ortho intramolecular Hbond substituents is 1. The summed E-state index contributed by atoms with van der Waals surface area (Å²) in [6, 6.07) is 5.41. The van der Waals surface area contributed by atoms with E-state index in [-0.39, 0.29) is 18.2 Å². The van der Waals surface area contributed by atoms with E-state index in [9.17, 15) is 14.3 Å². The van der Waals surface area contributed by atoms with E-state index in [0.29, 0.717) is 27.8 Å². The first kappa shape index (κ1) is 16.8. The highest BCUT2D eigenvalue weighted by atomic mass is 32.1. The van der Waals surface area contributed by atoms with Gasteiger partial charge in [-0.25, -0.2) is 9.37 Å². The molecule has 1 amide bonds.